The fourth-order valence-corrected chi connectivity index (χ4v) is 2.89. The molecule has 0 fully saturated rings. The summed E-state index contributed by atoms with van der Waals surface area (Å²) >= 11 is 1.52. The maximum Gasteiger partial charge on any atom is 0.0801 e. The van der Waals surface area contributed by atoms with Crippen LogP contribution in [-0.4, -0.2) is 16.1 Å². The standard InChI is InChI=1S/C14H19N3S/c1-3-12-14(18-17-16-12)13(15-4-2)10-11-8-6-5-7-9-11/h5-9,13,15H,3-4,10H2,1-2H3. The molecule has 0 aliphatic rings. The van der Waals surface area contributed by atoms with Crippen molar-refractivity contribution in [2.75, 3.05) is 6.54 Å². The molecular formula is C14H19N3S. The molecule has 4 heteroatoms. The summed E-state index contributed by atoms with van der Waals surface area (Å²) in [4.78, 5) is 1.28. The number of hydrogen-bond acceptors (Lipinski definition) is 4. The Morgan fingerprint density at radius 1 is 1.22 bits per heavy atom. The number of aromatic nitrogens is 2. The number of benzene rings is 1. The Kier molecular flexibility index (Phi) is 4.84. The summed E-state index contributed by atoms with van der Waals surface area (Å²) in [6, 6.07) is 10.9. The SMILES string of the molecule is CCNC(Cc1ccccc1)c1snnc1CC. The van der Waals surface area contributed by atoms with Gasteiger partial charge in [-0.15, -0.1) is 5.10 Å². The fraction of sp³-hybridized carbons (Fsp3) is 0.429. The van der Waals surface area contributed by atoms with Crippen LogP contribution in [0.15, 0.2) is 30.3 Å². The second-order valence-corrected chi connectivity index (χ2v) is 5.02. The zero-order chi connectivity index (χ0) is 12.8. The minimum Gasteiger partial charge on any atom is -0.309 e. The Labute approximate surface area is 112 Å². The summed E-state index contributed by atoms with van der Waals surface area (Å²) < 4.78 is 4.09. The highest BCUT2D eigenvalue weighted by Crippen LogP contribution is 2.24. The molecule has 0 bridgehead atoms. The lowest BCUT2D eigenvalue weighted by atomic mass is 10.0. The van der Waals surface area contributed by atoms with Gasteiger partial charge in [-0.3, -0.25) is 0 Å². The van der Waals surface area contributed by atoms with Crippen molar-refractivity contribution in [1.29, 1.82) is 0 Å². The van der Waals surface area contributed by atoms with Crippen LogP contribution in [0.5, 0.6) is 0 Å². The molecule has 0 amide bonds. The molecule has 2 aromatic rings. The van der Waals surface area contributed by atoms with E-state index >= 15 is 0 Å². The van der Waals surface area contributed by atoms with E-state index in [1.54, 1.807) is 0 Å². The van der Waals surface area contributed by atoms with Crippen LogP contribution >= 0.6 is 11.5 Å². The first-order valence-corrected chi connectivity index (χ1v) is 7.20. The summed E-state index contributed by atoms with van der Waals surface area (Å²) in [7, 11) is 0. The van der Waals surface area contributed by atoms with Crippen LogP contribution in [0.25, 0.3) is 0 Å². The van der Waals surface area contributed by atoms with E-state index in [1.807, 2.05) is 0 Å². The Morgan fingerprint density at radius 2 is 2.00 bits per heavy atom. The van der Waals surface area contributed by atoms with Gasteiger partial charge in [0.15, 0.2) is 0 Å². The van der Waals surface area contributed by atoms with E-state index < -0.39 is 0 Å². The maximum absolute atomic E-state index is 4.21. The fourth-order valence-electron chi connectivity index (χ4n) is 2.08. The molecule has 18 heavy (non-hydrogen) atoms. The van der Waals surface area contributed by atoms with Crippen LogP contribution in [0, 0.1) is 0 Å². The molecule has 0 aliphatic carbocycles. The van der Waals surface area contributed by atoms with Crippen molar-refractivity contribution in [1.82, 2.24) is 14.9 Å². The lowest BCUT2D eigenvalue weighted by Gasteiger charge is -2.17. The van der Waals surface area contributed by atoms with Crippen LogP contribution in [0.4, 0.5) is 0 Å². The minimum absolute atomic E-state index is 0.326. The molecule has 96 valence electrons. The maximum atomic E-state index is 4.21. The van der Waals surface area contributed by atoms with Crippen LogP contribution in [0.3, 0.4) is 0 Å². The van der Waals surface area contributed by atoms with E-state index in [9.17, 15) is 0 Å². The van der Waals surface area contributed by atoms with Crippen molar-refractivity contribution in [3.8, 4) is 0 Å². The van der Waals surface area contributed by atoms with E-state index in [4.69, 9.17) is 0 Å². The van der Waals surface area contributed by atoms with E-state index in [1.165, 1.54) is 22.0 Å². The number of hydrogen-bond donors (Lipinski definition) is 1. The largest absolute Gasteiger partial charge is 0.309 e. The number of aryl methyl sites for hydroxylation is 1. The van der Waals surface area contributed by atoms with Crippen molar-refractivity contribution in [2.24, 2.45) is 0 Å². The molecule has 1 heterocycles. The van der Waals surface area contributed by atoms with E-state index in [0.29, 0.717) is 6.04 Å². The highest BCUT2D eigenvalue weighted by Gasteiger charge is 2.17. The number of likely N-dealkylation sites (N-methyl/N-ethyl adjacent to an activating group) is 1. The zero-order valence-corrected chi connectivity index (χ0v) is 11.7. The Hall–Kier alpha value is -1.26. The lowest BCUT2D eigenvalue weighted by molar-refractivity contribution is 0.553. The highest BCUT2D eigenvalue weighted by atomic mass is 32.1. The van der Waals surface area contributed by atoms with Crippen LogP contribution in [0.2, 0.25) is 0 Å². The predicted molar refractivity (Wildman–Crippen MR) is 75.9 cm³/mol. The average molecular weight is 261 g/mol. The van der Waals surface area contributed by atoms with Crippen LogP contribution in [-0.2, 0) is 12.8 Å². The molecule has 1 atom stereocenters. The first-order chi connectivity index (χ1) is 8.85. The quantitative estimate of drug-likeness (QED) is 0.868. The normalized spacial score (nSPS) is 12.6. The van der Waals surface area contributed by atoms with Gasteiger partial charge in [-0.05, 0) is 36.5 Å². The smallest absolute Gasteiger partial charge is 0.0801 e. The van der Waals surface area contributed by atoms with Crippen molar-refractivity contribution < 1.29 is 0 Å². The van der Waals surface area contributed by atoms with Crippen molar-refractivity contribution >= 4 is 11.5 Å². The molecule has 0 saturated heterocycles. The molecule has 3 nitrogen and oxygen atoms in total. The van der Waals surface area contributed by atoms with Gasteiger partial charge < -0.3 is 5.32 Å². The van der Waals surface area contributed by atoms with Gasteiger partial charge in [0.2, 0.25) is 0 Å². The Bertz CT molecular complexity index is 467. The van der Waals surface area contributed by atoms with Gasteiger partial charge in [-0.1, -0.05) is 48.7 Å². The van der Waals surface area contributed by atoms with E-state index in [-0.39, 0.29) is 0 Å². The monoisotopic (exact) mass is 261 g/mol. The third kappa shape index (κ3) is 3.15. The zero-order valence-electron chi connectivity index (χ0n) is 10.9. The van der Waals surface area contributed by atoms with Crippen LogP contribution in [0.1, 0.15) is 36.0 Å². The summed E-state index contributed by atoms with van der Waals surface area (Å²) in [5.74, 6) is 0. The van der Waals surface area contributed by atoms with Crippen molar-refractivity contribution in [2.45, 2.75) is 32.7 Å². The number of nitrogens with one attached hydrogen (secondary N) is 1. The summed E-state index contributed by atoms with van der Waals surface area (Å²) in [5.41, 5.74) is 2.47. The van der Waals surface area contributed by atoms with Crippen molar-refractivity contribution in [3.05, 3.63) is 46.5 Å². The molecule has 1 N–H and O–H groups in total. The molecular weight excluding hydrogens is 242 g/mol. The molecule has 0 aliphatic heterocycles. The number of nitrogens with zero attached hydrogens (tertiary/aromatic N) is 2. The lowest BCUT2D eigenvalue weighted by Crippen LogP contribution is -2.23. The van der Waals surface area contributed by atoms with Gasteiger partial charge in [-0.2, -0.15) is 0 Å². The van der Waals surface area contributed by atoms with E-state index in [0.717, 1.165) is 25.1 Å². The molecule has 1 aromatic carbocycles. The summed E-state index contributed by atoms with van der Waals surface area (Å²) in [6.07, 6.45) is 1.94. The number of rotatable bonds is 6. The molecule has 0 saturated carbocycles. The molecule has 2 rings (SSSR count). The molecule has 1 unspecified atom stereocenters. The average Bonchev–Trinajstić information content (AvgIpc) is 2.87. The Balaban J connectivity index is 2.18. The highest BCUT2D eigenvalue weighted by molar-refractivity contribution is 7.05. The van der Waals surface area contributed by atoms with Gasteiger partial charge in [-0.25, -0.2) is 0 Å². The third-order valence-corrected chi connectivity index (χ3v) is 3.85. The second-order valence-electron chi connectivity index (χ2n) is 4.24. The molecule has 1 aromatic heterocycles. The second kappa shape index (κ2) is 6.61. The molecule has 0 spiro atoms. The van der Waals surface area contributed by atoms with Gasteiger partial charge >= 0.3 is 0 Å². The predicted octanol–water partition coefficient (Wildman–Crippen LogP) is 2.99. The van der Waals surface area contributed by atoms with Gasteiger partial charge in [0, 0.05) is 6.04 Å². The first kappa shape index (κ1) is 13.2. The minimum atomic E-state index is 0.326. The Morgan fingerprint density at radius 3 is 2.67 bits per heavy atom. The van der Waals surface area contributed by atoms with E-state index in [2.05, 4.69) is 59.1 Å². The van der Waals surface area contributed by atoms with Gasteiger partial charge in [0.05, 0.1) is 10.6 Å². The van der Waals surface area contributed by atoms with Crippen LogP contribution < -0.4 is 5.32 Å². The summed E-state index contributed by atoms with van der Waals surface area (Å²) in [5, 5.41) is 7.75. The summed E-state index contributed by atoms with van der Waals surface area (Å²) in [6.45, 7) is 5.22. The van der Waals surface area contributed by atoms with Gasteiger partial charge in [0.1, 0.15) is 0 Å². The van der Waals surface area contributed by atoms with Gasteiger partial charge in [0.25, 0.3) is 0 Å². The first-order valence-electron chi connectivity index (χ1n) is 6.43. The topological polar surface area (TPSA) is 37.8 Å². The van der Waals surface area contributed by atoms with Crippen molar-refractivity contribution in [3.63, 3.8) is 0 Å². The molecule has 0 radical (unpaired) electrons. The third-order valence-electron chi connectivity index (χ3n) is 2.97.